The summed E-state index contributed by atoms with van der Waals surface area (Å²) in [4.78, 5) is 12.5. The molecule has 2 aromatic carbocycles. The lowest BCUT2D eigenvalue weighted by atomic mass is 10.0. The van der Waals surface area contributed by atoms with E-state index < -0.39 is 0 Å². The second-order valence-corrected chi connectivity index (χ2v) is 6.17. The van der Waals surface area contributed by atoms with E-state index in [0.717, 1.165) is 22.9 Å². The molecule has 0 aliphatic heterocycles. The van der Waals surface area contributed by atoms with Crippen LogP contribution in [0.2, 0.25) is 5.02 Å². The lowest BCUT2D eigenvalue weighted by Crippen LogP contribution is -2.28. The van der Waals surface area contributed by atoms with Gasteiger partial charge in [-0.25, -0.2) is 0 Å². The molecule has 0 aromatic heterocycles. The maximum Gasteiger partial charge on any atom is 0.253 e. The Morgan fingerprint density at radius 1 is 1.24 bits per heavy atom. The lowest BCUT2D eigenvalue weighted by molar-refractivity contribution is 0.0934. The maximum absolute atomic E-state index is 12.5. The van der Waals surface area contributed by atoms with Gasteiger partial charge in [-0.2, -0.15) is 0 Å². The van der Waals surface area contributed by atoms with Crippen molar-refractivity contribution in [2.45, 2.75) is 25.8 Å². The minimum absolute atomic E-state index is 0.00116. The van der Waals surface area contributed by atoms with Crippen LogP contribution in [0.5, 0.6) is 0 Å². The monoisotopic (exact) mass is 365 g/mol. The maximum atomic E-state index is 12.5. The molecular formula is C17H17BrClNO. The first-order valence-electron chi connectivity index (χ1n) is 6.92. The number of hydrogen-bond acceptors (Lipinski definition) is 1. The molecule has 2 aromatic rings. The zero-order valence-corrected chi connectivity index (χ0v) is 14.1. The van der Waals surface area contributed by atoms with Crippen molar-refractivity contribution in [1.29, 1.82) is 0 Å². The van der Waals surface area contributed by atoms with Crippen molar-refractivity contribution in [1.82, 2.24) is 5.32 Å². The molecule has 0 heterocycles. The molecule has 0 fully saturated rings. The Hall–Kier alpha value is -1.32. The molecule has 4 heteroatoms. The van der Waals surface area contributed by atoms with Gasteiger partial charge in [-0.15, -0.1) is 0 Å². The molecule has 1 unspecified atom stereocenters. The molecule has 0 radical (unpaired) electrons. The average molecular weight is 367 g/mol. The number of carbonyl (C=O) groups excluding carboxylic acids is 1. The third-order valence-electron chi connectivity index (χ3n) is 3.26. The van der Waals surface area contributed by atoms with Gasteiger partial charge in [0, 0.05) is 4.47 Å². The van der Waals surface area contributed by atoms with Gasteiger partial charge in [0.25, 0.3) is 5.91 Å². The van der Waals surface area contributed by atoms with Crippen LogP contribution in [0.15, 0.2) is 53.0 Å². The van der Waals surface area contributed by atoms with E-state index in [0.29, 0.717) is 10.6 Å². The van der Waals surface area contributed by atoms with Gasteiger partial charge in [0.05, 0.1) is 16.6 Å². The SMILES string of the molecule is CCCC(NC(=O)c1cc(Br)ccc1Cl)c1ccccc1. The minimum atomic E-state index is -0.149. The van der Waals surface area contributed by atoms with Crippen LogP contribution >= 0.6 is 27.5 Å². The van der Waals surface area contributed by atoms with E-state index >= 15 is 0 Å². The molecule has 0 spiro atoms. The summed E-state index contributed by atoms with van der Waals surface area (Å²) in [6.45, 7) is 2.11. The van der Waals surface area contributed by atoms with Crippen molar-refractivity contribution < 1.29 is 4.79 Å². The van der Waals surface area contributed by atoms with Crippen molar-refractivity contribution in [2.75, 3.05) is 0 Å². The van der Waals surface area contributed by atoms with Crippen LogP contribution in [0.1, 0.15) is 41.7 Å². The Bertz CT molecular complexity index is 615. The number of benzene rings is 2. The van der Waals surface area contributed by atoms with Gasteiger partial charge in [-0.05, 0) is 30.2 Å². The van der Waals surface area contributed by atoms with Crippen molar-refractivity contribution in [3.05, 3.63) is 69.2 Å². The summed E-state index contributed by atoms with van der Waals surface area (Å²) in [5, 5.41) is 3.53. The van der Waals surface area contributed by atoms with E-state index in [9.17, 15) is 4.79 Å². The molecule has 2 nitrogen and oxygen atoms in total. The fourth-order valence-electron chi connectivity index (χ4n) is 2.20. The highest BCUT2D eigenvalue weighted by molar-refractivity contribution is 9.10. The molecule has 0 aliphatic rings. The summed E-state index contributed by atoms with van der Waals surface area (Å²) in [5.41, 5.74) is 1.60. The number of rotatable bonds is 5. The first kappa shape index (κ1) is 16.1. The Kier molecular flexibility index (Phi) is 5.83. The number of nitrogens with one attached hydrogen (secondary N) is 1. The van der Waals surface area contributed by atoms with Crippen LogP contribution in [0.3, 0.4) is 0 Å². The Morgan fingerprint density at radius 2 is 1.95 bits per heavy atom. The summed E-state index contributed by atoms with van der Waals surface area (Å²) in [7, 11) is 0. The van der Waals surface area contributed by atoms with Crippen LogP contribution < -0.4 is 5.32 Å². The topological polar surface area (TPSA) is 29.1 Å². The van der Waals surface area contributed by atoms with Gasteiger partial charge < -0.3 is 5.32 Å². The summed E-state index contributed by atoms with van der Waals surface area (Å²) in [6, 6.07) is 15.3. The summed E-state index contributed by atoms with van der Waals surface area (Å²) >= 11 is 9.48. The van der Waals surface area contributed by atoms with Gasteiger partial charge in [0.1, 0.15) is 0 Å². The minimum Gasteiger partial charge on any atom is -0.345 e. The molecule has 1 atom stereocenters. The third-order valence-corrected chi connectivity index (χ3v) is 4.08. The molecule has 0 saturated carbocycles. The quantitative estimate of drug-likeness (QED) is 0.757. The van der Waals surface area contributed by atoms with Crippen LogP contribution in [-0.4, -0.2) is 5.91 Å². The normalized spacial score (nSPS) is 12.0. The summed E-state index contributed by atoms with van der Waals surface area (Å²) in [5.74, 6) is -0.149. The highest BCUT2D eigenvalue weighted by atomic mass is 79.9. The second-order valence-electron chi connectivity index (χ2n) is 4.85. The van der Waals surface area contributed by atoms with Crippen LogP contribution in [0, 0.1) is 0 Å². The van der Waals surface area contributed by atoms with Crippen molar-refractivity contribution >= 4 is 33.4 Å². The molecule has 1 amide bonds. The number of hydrogen-bond donors (Lipinski definition) is 1. The van der Waals surface area contributed by atoms with E-state index in [1.54, 1.807) is 12.1 Å². The summed E-state index contributed by atoms with van der Waals surface area (Å²) < 4.78 is 0.837. The number of carbonyl (C=O) groups is 1. The molecule has 0 saturated heterocycles. The second kappa shape index (κ2) is 7.62. The van der Waals surface area contributed by atoms with Gasteiger partial charge in [0.2, 0.25) is 0 Å². The van der Waals surface area contributed by atoms with E-state index in [1.807, 2.05) is 36.4 Å². The average Bonchev–Trinajstić information content (AvgIpc) is 2.50. The summed E-state index contributed by atoms with van der Waals surface area (Å²) in [6.07, 6.45) is 1.88. The molecule has 1 N–H and O–H groups in total. The van der Waals surface area contributed by atoms with Gasteiger partial charge in [0.15, 0.2) is 0 Å². The van der Waals surface area contributed by atoms with Gasteiger partial charge in [-0.1, -0.05) is 71.2 Å². The first-order valence-corrected chi connectivity index (χ1v) is 8.09. The molecule has 2 rings (SSSR count). The third kappa shape index (κ3) is 4.32. The van der Waals surface area contributed by atoms with E-state index in [1.165, 1.54) is 0 Å². The van der Waals surface area contributed by atoms with Crippen molar-refractivity contribution in [3.8, 4) is 0 Å². The number of halogens is 2. The Balaban J connectivity index is 2.20. The van der Waals surface area contributed by atoms with Crippen LogP contribution in [-0.2, 0) is 0 Å². The fourth-order valence-corrected chi connectivity index (χ4v) is 2.77. The predicted molar refractivity (Wildman–Crippen MR) is 90.7 cm³/mol. The van der Waals surface area contributed by atoms with E-state index in [4.69, 9.17) is 11.6 Å². The molecule has 110 valence electrons. The standard InChI is InChI=1S/C17H17BrClNO/c1-2-6-16(12-7-4-3-5-8-12)20-17(21)14-11-13(18)9-10-15(14)19/h3-5,7-11,16H,2,6H2,1H3,(H,20,21). The highest BCUT2D eigenvalue weighted by Crippen LogP contribution is 2.23. The van der Waals surface area contributed by atoms with E-state index in [2.05, 4.69) is 28.2 Å². The van der Waals surface area contributed by atoms with Crippen molar-refractivity contribution in [2.24, 2.45) is 0 Å². The number of amides is 1. The van der Waals surface area contributed by atoms with Crippen LogP contribution in [0.25, 0.3) is 0 Å². The molecule has 0 aliphatic carbocycles. The molecule has 21 heavy (non-hydrogen) atoms. The predicted octanol–water partition coefficient (Wildman–Crippen LogP) is 5.37. The molecule has 0 bridgehead atoms. The smallest absolute Gasteiger partial charge is 0.253 e. The largest absolute Gasteiger partial charge is 0.345 e. The zero-order valence-electron chi connectivity index (χ0n) is 11.8. The lowest BCUT2D eigenvalue weighted by Gasteiger charge is -2.19. The first-order chi connectivity index (χ1) is 10.1. The Morgan fingerprint density at radius 3 is 2.62 bits per heavy atom. The van der Waals surface area contributed by atoms with Crippen molar-refractivity contribution in [3.63, 3.8) is 0 Å². The Labute approximate surface area is 138 Å². The zero-order chi connectivity index (χ0) is 15.2. The highest BCUT2D eigenvalue weighted by Gasteiger charge is 2.17. The van der Waals surface area contributed by atoms with Gasteiger partial charge in [-0.3, -0.25) is 4.79 Å². The van der Waals surface area contributed by atoms with Gasteiger partial charge >= 0.3 is 0 Å². The van der Waals surface area contributed by atoms with E-state index in [-0.39, 0.29) is 11.9 Å². The fraction of sp³-hybridized carbons (Fsp3) is 0.235. The van der Waals surface area contributed by atoms with Crippen LogP contribution in [0.4, 0.5) is 0 Å². The molecular weight excluding hydrogens is 350 g/mol.